The number of methoxy groups -OCH3 is 1. The van der Waals surface area contributed by atoms with Gasteiger partial charge < -0.3 is 25.2 Å². The summed E-state index contributed by atoms with van der Waals surface area (Å²) in [5.74, 6) is 1.39. The van der Waals surface area contributed by atoms with Gasteiger partial charge in [-0.3, -0.25) is 9.63 Å². The number of carbonyl (C=O) groups excluding carboxylic acids is 1. The Morgan fingerprint density at radius 3 is 2.73 bits per heavy atom. The lowest BCUT2D eigenvalue weighted by Crippen LogP contribution is -2.30. The average molecular weight is 601 g/mol. The maximum atomic E-state index is 12.3. The smallest absolute Gasteiger partial charge is 0.247 e. The van der Waals surface area contributed by atoms with Crippen molar-refractivity contribution in [1.29, 1.82) is 0 Å². The Labute approximate surface area is 250 Å². The molecule has 2 N–H and O–H groups in total. The number of hydrogen-bond acceptors (Lipinski definition) is 9. The number of hydroxylamine groups is 1. The second-order valence-electron chi connectivity index (χ2n) is 9.89. The molecule has 0 bridgehead atoms. The zero-order valence-corrected chi connectivity index (χ0v) is 25.2. The lowest BCUT2D eigenvalue weighted by Gasteiger charge is -2.26. The molecular weight excluding hydrogens is 565 g/mol. The van der Waals surface area contributed by atoms with Gasteiger partial charge in [-0.1, -0.05) is 41.9 Å². The van der Waals surface area contributed by atoms with Crippen LogP contribution in [0, 0.1) is 0 Å². The van der Waals surface area contributed by atoms with E-state index >= 15 is 0 Å². The van der Waals surface area contributed by atoms with Crippen molar-refractivity contribution in [2.45, 2.75) is 18.9 Å². The quantitative estimate of drug-likeness (QED) is 0.265. The van der Waals surface area contributed by atoms with Gasteiger partial charge in [-0.15, -0.1) is 0 Å². The summed E-state index contributed by atoms with van der Waals surface area (Å²) in [7, 11) is 7.59. The van der Waals surface area contributed by atoms with Crippen LogP contribution in [0.3, 0.4) is 0 Å². The summed E-state index contributed by atoms with van der Waals surface area (Å²) in [4.78, 5) is 31.2. The van der Waals surface area contributed by atoms with Crippen molar-refractivity contribution in [3.63, 3.8) is 0 Å². The molecule has 1 atom stereocenters. The Morgan fingerprint density at radius 1 is 1.20 bits per heavy atom. The summed E-state index contributed by atoms with van der Waals surface area (Å²) in [6.07, 6.45) is 4.16. The molecule has 1 saturated heterocycles. The number of benzene rings is 2. The second-order valence-corrected chi connectivity index (χ2v) is 10.7. The van der Waals surface area contributed by atoms with E-state index in [4.69, 9.17) is 32.8 Å². The van der Waals surface area contributed by atoms with Crippen molar-refractivity contribution in [2.24, 2.45) is 0 Å². The number of ether oxygens (including phenoxy) is 1. The number of rotatable bonds is 12. The van der Waals surface area contributed by atoms with Crippen LogP contribution in [-0.4, -0.2) is 74.8 Å². The number of anilines is 5. The number of carbonyl (C=O) groups is 1. The zero-order valence-electron chi connectivity index (χ0n) is 23.7. The van der Waals surface area contributed by atoms with Gasteiger partial charge in [0.15, 0.2) is 5.82 Å². The first-order valence-electron chi connectivity index (χ1n) is 13.2. The first-order chi connectivity index (χ1) is 19.7. The van der Waals surface area contributed by atoms with Crippen molar-refractivity contribution < 1.29 is 14.4 Å². The van der Waals surface area contributed by atoms with E-state index in [0.29, 0.717) is 51.8 Å². The molecule has 41 heavy (non-hydrogen) atoms. The molecule has 4 rings (SSSR count). The molecule has 2 aromatic carbocycles. The summed E-state index contributed by atoms with van der Waals surface area (Å²) < 4.78 is 5.72. The molecular formula is C29H35Cl2N7O3. The third-order valence-corrected chi connectivity index (χ3v) is 7.55. The summed E-state index contributed by atoms with van der Waals surface area (Å²) >= 11 is 12.7. The molecule has 0 saturated carbocycles. The molecule has 1 aliphatic rings. The highest BCUT2D eigenvalue weighted by Gasteiger charge is 2.29. The van der Waals surface area contributed by atoms with E-state index in [9.17, 15) is 4.79 Å². The molecule has 12 heteroatoms. The molecule has 0 spiro atoms. The number of likely N-dealkylation sites (N-methyl/N-ethyl adjacent to an activating group) is 2. The Balaban J connectivity index is 1.60. The van der Waals surface area contributed by atoms with Gasteiger partial charge in [0.25, 0.3) is 0 Å². The van der Waals surface area contributed by atoms with E-state index in [1.54, 1.807) is 24.3 Å². The van der Waals surface area contributed by atoms with Gasteiger partial charge in [-0.25, -0.2) is 15.0 Å². The fourth-order valence-electron chi connectivity index (χ4n) is 4.49. The van der Waals surface area contributed by atoms with Crippen LogP contribution in [0.15, 0.2) is 55.4 Å². The summed E-state index contributed by atoms with van der Waals surface area (Å²) in [5.41, 5.74) is 2.98. The summed E-state index contributed by atoms with van der Waals surface area (Å²) in [5, 5.41) is 9.09. The molecule has 10 nitrogen and oxygen atoms in total. The number of hydrogen-bond donors (Lipinski definition) is 2. The first-order valence-corrected chi connectivity index (χ1v) is 13.9. The predicted octanol–water partition coefficient (Wildman–Crippen LogP) is 5.41. The first kappa shape index (κ1) is 30.4. The van der Waals surface area contributed by atoms with Crippen LogP contribution in [-0.2, 0) is 16.1 Å². The third kappa shape index (κ3) is 7.59. The monoisotopic (exact) mass is 599 g/mol. The lowest BCUT2D eigenvalue weighted by atomic mass is 10.0. The van der Waals surface area contributed by atoms with E-state index in [2.05, 4.69) is 37.0 Å². The van der Waals surface area contributed by atoms with Crippen LogP contribution in [0.1, 0.15) is 12.0 Å². The van der Waals surface area contributed by atoms with Crippen LogP contribution < -0.4 is 25.3 Å². The van der Waals surface area contributed by atoms with E-state index in [1.165, 1.54) is 12.4 Å². The SMILES string of the molecule is C=CC(=O)Nc1cc(Nc2cc(N3OCC[C@@H]3Cc3cccc(Cl)c3Cl)ncn2)c(OC)cc1N(C)CCN(C)C. The third-order valence-electron chi connectivity index (χ3n) is 6.70. The zero-order chi connectivity index (χ0) is 29.5. The summed E-state index contributed by atoms with van der Waals surface area (Å²) in [6, 6.07) is 11.1. The Bertz CT molecular complexity index is 1390. The van der Waals surface area contributed by atoms with Crippen LogP contribution in [0.25, 0.3) is 0 Å². The Hall–Kier alpha value is -3.57. The van der Waals surface area contributed by atoms with Crippen LogP contribution in [0.4, 0.5) is 28.7 Å². The second kappa shape index (κ2) is 13.9. The van der Waals surface area contributed by atoms with E-state index in [-0.39, 0.29) is 11.9 Å². The molecule has 0 aliphatic carbocycles. The highest BCUT2D eigenvalue weighted by atomic mass is 35.5. The minimum absolute atomic E-state index is 0.0148. The lowest BCUT2D eigenvalue weighted by molar-refractivity contribution is -0.111. The largest absolute Gasteiger partial charge is 0.494 e. The van der Waals surface area contributed by atoms with E-state index in [0.717, 1.165) is 30.8 Å². The number of nitrogens with one attached hydrogen (secondary N) is 2. The van der Waals surface area contributed by atoms with Gasteiger partial charge in [0.05, 0.1) is 46.9 Å². The molecule has 0 unspecified atom stereocenters. The Kier molecular flexibility index (Phi) is 10.3. The highest BCUT2D eigenvalue weighted by molar-refractivity contribution is 6.42. The van der Waals surface area contributed by atoms with Crippen molar-refractivity contribution in [1.82, 2.24) is 14.9 Å². The molecule has 218 valence electrons. The molecule has 3 aromatic rings. The standard InChI is InChI=1S/C29H35Cl2N7O3/c1-6-28(39)35-22-15-23(25(40-5)16-24(22)37(4)12-11-36(2)3)34-26-17-27(33-18-32-26)38-20(10-13-41-38)14-19-8-7-9-21(30)29(19)31/h6-9,15-18,20H,1,10-14H2,2-5H3,(H,35,39)(H,32,33,34)/t20-/m1/s1. The fourth-order valence-corrected chi connectivity index (χ4v) is 4.88. The Morgan fingerprint density at radius 2 is 2.00 bits per heavy atom. The van der Waals surface area contributed by atoms with E-state index < -0.39 is 0 Å². The van der Waals surface area contributed by atoms with Crippen molar-refractivity contribution in [3.05, 3.63) is 71.0 Å². The maximum Gasteiger partial charge on any atom is 0.247 e. The normalized spacial score (nSPS) is 14.7. The maximum absolute atomic E-state index is 12.3. The van der Waals surface area contributed by atoms with Gasteiger partial charge in [-0.2, -0.15) is 0 Å². The number of amides is 1. The van der Waals surface area contributed by atoms with Gasteiger partial charge in [0.2, 0.25) is 5.91 Å². The predicted molar refractivity (Wildman–Crippen MR) is 166 cm³/mol. The van der Waals surface area contributed by atoms with Crippen molar-refractivity contribution >= 4 is 57.8 Å². The fraction of sp³-hybridized carbons (Fsp3) is 0.345. The van der Waals surface area contributed by atoms with Crippen molar-refractivity contribution in [2.75, 3.05) is 68.5 Å². The molecule has 0 radical (unpaired) electrons. The number of nitrogens with zero attached hydrogens (tertiary/aromatic N) is 5. The van der Waals surface area contributed by atoms with Gasteiger partial charge in [0, 0.05) is 32.3 Å². The summed E-state index contributed by atoms with van der Waals surface area (Å²) in [6.45, 7) is 5.71. The molecule has 1 amide bonds. The minimum Gasteiger partial charge on any atom is -0.494 e. The van der Waals surface area contributed by atoms with Crippen molar-refractivity contribution in [3.8, 4) is 5.75 Å². The number of halogens is 2. The molecule has 1 fully saturated rings. The minimum atomic E-state index is -0.315. The number of aromatic nitrogens is 2. The molecule has 2 heterocycles. The molecule has 1 aliphatic heterocycles. The van der Waals surface area contributed by atoms with Gasteiger partial charge in [-0.05, 0) is 50.7 Å². The van der Waals surface area contributed by atoms with Gasteiger partial charge >= 0.3 is 0 Å². The van der Waals surface area contributed by atoms with Crippen LogP contribution in [0.2, 0.25) is 10.0 Å². The van der Waals surface area contributed by atoms with Crippen LogP contribution >= 0.6 is 23.2 Å². The average Bonchev–Trinajstić information content (AvgIpc) is 3.42. The van der Waals surface area contributed by atoms with E-state index in [1.807, 2.05) is 45.4 Å². The van der Waals surface area contributed by atoms with Crippen LogP contribution in [0.5, 0.6) is 5.75 Å². The molecule has 1 aromatic heterocycles. The van der Waals surface area contributed by atoms with Gasteiger partial charge in [0.1, 0.15) is 17.9 Å². The topological polar surface area (TPSA) is 95.1 Å². The highest BCUT2D eigenvalue weighted by Crippen LogP contribution is 2.38.